The van der Waals surface area contributed by atoms with Gasteiger partial charge in [-0.25, -0.2) is 12.7 Å². The van der Waals surface area contributed by atoms with Crippen molar-refractivity contribution in [2.45, 2.75) is 26.2 Å². The molecule has 20 heavy (non-hydrogen) atoms. The summed E-state index contributed by atoms with van der Waals surface area (Å²) in [5.41, 5.74) is 0. The van der Waals surface area contributed by atoms with Gasteiger partial charge in [0.15, 0.2) is 0 Å². The zero-order valence-corrected chi connectivity index (χ0v) is 13.5. The molecule has 7 heteroatoms. The maximum absolute atomic E-state index is 11.6. The Balaban J connectivity index is 2.46. The van der Waals surface area contributed by atoms with E-state index >= 15 is 0 Å². The molecular formula is C13H26N2O4S. The number of methoxy groups -OCH3 is 1. The van der Waals surface area contributed by atoms with Crippen molar-refractivity contribution in [3.8, 4) is 0 Å². The van der Waals surface area contributed by atoms with Crippen LogP contribution >= 0.6 is 0 Å². The molecule has 1 rings (SSSR count). The van der Waals surface area contributed by atoms with Crippen molar-refractivity contribution < 1.29 is 17.9 Å². The van der Waals surface area contributed by atoms with Gasteiger partial charge in [-0.15, -0.1) is 0 Å². The molecule has 0 radical (unpaired) electrons. The number of piperidine rings is 1. The summed E-state index contributed by atoms with van der Waals surface area (Å²) in [5.74, 6) is 0.140. The molecule has 0 bridgehead atoms. The van der Waals surface area contributed by atoms with Crippen molar-refractivity contribution in [3.05, 3.63) is 0 Å². The standard InChI is InChI=1S/C13H26N2O4S/c1-4-14(9-7-13(16)19-2)10-12-6-5-8-15(11-12)20(3,17)18/h12H,4-11H2,1-3H3. The largest absolute Gasteiger partial charge is 0.469 e. The highest BCUT2D eigenvalue weighted by Gasteiger charge is 2.26. The Morgan fingerprint density at radius 2 is 2.15 bits per heavy atom. The first-order valence-electron chi connectivity index (χ1n) is 7.11. The molecule has 1 unspecified atom stereocenters. The molecule has 0 spiro atoms. The number of rotatable bonds is 7. The fourth-order valence-corrected chi connectivity index (χ4v) is 3.51. The first kappa shape index (κ1) is 17.4. The Bertz CT molecular complexity index is 411. The van der Waals surface area contributed by atoms with E-state index in [0.717, 1.165) is 25.9 Å². The van der Waals surface area contributed by atoms with Gasteiger partial charge in [-0.05, 0) is 25.3 Å². The van der Waals surface area contributed by atoms with Gasteiger partial charge in [0.25, 0.3) is 0 Å². The normalized spacial score (nSPS) is 21.1. The fraction of sp³-hybridized carbons (Fsp3) is 0.923. The molecule has 0 aromatic carbocycles. The maximum Gasteiger partial charge on any atom is 0.306 e. The number of ether oxygens (including phenoxy) is 1. The molecular weight excluding hydrogens is 280 g/mol. The predicted molar refractivity (Wildman–Crippen MR) is 77.9 cm³/mol. The van der Waals surface area contributed by atoms with Crippen molar-refractivity contribution in [2.24, 2.45) is 5.92 Å². The minimum atomic E-state index is -3.09. The second kappa shape index (κ2) is 7.95. The third-order valence-corrected chi connectivity index (χ3v) is 5.04. The summed E-state index contributed by atoms with van der Waals surface area (Å²) in [6.45, 7) is 5.62. The Morgan fingerprint density at radius 1 is 1.45 bits per heavy atom. The molecule has 0 aromatic rings. The number of esters is 1. The van der Waals surface area contributed by atoms with Crippen molar-refractivity contribution in [1.29, 1.82) is 0 Å². The summed E-state index contributed by atoms with van der Waals surface area (Å²) in [6, 6.07) is 0. The maximum atomic E-state index is 11.6. The van der Waals surface area contributed by atoms with E-state index in [2.05, 4.69) is 16.6 Å². The molecule has 1 aliphatic rings. The molecule has 0 aliphatic carbocycles. The summed E-state index contributed by atoms with van der Waals surface area (Å²) < 4.78 is 29.4. The van der Waals surface area contributed by atoms with Crippen LogP contribution in [0.2, 0.25) is 0 Å². The van der Waals surface area contributed by atoms with Gasteiger partial charge >= 0.3 is 5.97 Å². The third kappa shape index (κ3) is 5.76. The molecule has 1 fully saturated rings. The first-order valence-corrected chi connectivity index (χ1v) is 8.96. The average Bonchev–Trinajstić information content (AvgIpc) is 2.42. The van der Waals surface area contributed by atoms with E-state index in [9.17, 15) is 13.2 Å². The van der Waals surface area contributed by atoms with E-state index in [4.69, 9.17) is 0 Å². The van der Waals surface area contributed by atoms with Crippen LogP contribution in [0.25, 0.3) is 0 Å². The van der Waals surface area contributed by atoms with Crippen LogP contribution in [0.15, 0.2) is 0 Å². The smallest absolute Gasteiger partial charge is 0.306 e. The highest BCUT2D eigenvalue weighted by atomic mass is 32.2. The van der Waals surface area contributed by atoms with E-state index < -0.39 is 10.0 Å². The van der Waals surface area contributed by atoms with Gasteiger partial charge in [0.1, 0.15) is 0 Å². The van der Waals surface area contributed by atoms with Gasteiger partial charge in [-0.3, -0.25) is 4.79 Å². The van der Waals surface area contributed by atoms with E-state index in [0.29, 0.717) is 32.0 Å². The highest BCUT2D eigenvalue weighted by molar-refractivity contribution is 7.88. The highest BCUT2D eigenvalue weighted by Crippen LogP contribution is 2.19. The third-order valence-electron chi connectivity index (χ3n) is 3.77. The number of hydrogen-bond acceptors (Lipinski definition) is 5. The molecule has 0 amide bonds. The summed E-state index contributed by atoms with van der Waals surface area (Å²) in [4.78, 5) is 13.4. The second-order valence-corrected chi connectivity index (χ2v) is 7.33. The molecule has 6 nitrogen and oxygen atoms in total. The minimum Gasteiger partial charge on any atom is -0.469 e. The Morgan fingerprint density at radius 3 is 2.70 bits per heavy atom. The molecule has 1 aliphatic heterocycles. The van der Waals surface area contributed by atoms with Crippen LogP contribution in [0, 0.1) is 5.92 Å². The van der Waals surface area contributed by atoms with Crippen molar-refractivity contribution in [3.63, 3.8) is 0 Å². The van der Waals surface area contributed by atoms with Crippen molar-refractivity contribution in [2.75, 3.05) is 46.1 Å². The zero-order valence-electron chi connectivity index (χ0n) is 12.7. The monoisotopic (exact) mass is 306 g/mol. The summed E-state index contributed by atoms with van der Waals surface area (Å²) in [6.07, 6.45) is 3.60. The van der Waals surface area contributed by atoms with E-state index in [1.807, 2.05) is 0 Å². The Labute approximate surface area is 122 Å². The predicted octanol–water partition coefficient (Wildman–Crippen LogP) is 0.543. The first-order chi connectivity index (χ1) is 9.36. The molecule has 118 valence electrons. The number of carbonyl (C=O) groups excluding carboxylic acids is 1. The van der Waals surface area contributed by atoms with Gasteiger partial charge < -0.3 is 9.64 Å². The minimum absolute atomic E-state index is 0.204. The van der Waals surface area contributed by atoms with Gasteiger partial charge in [0.05, 0.1) is 19.8 Å². The topological polar surface area (TPSA) is 66.9 Å². The molecule has 1 atom stereocenters. The van der Waals surface area contributed by atoms with E-state index in [1.54, 1.807) is 4.31 Å². The number of nitrogens with zero attached hydrogens (tertiary/aromatic N) is 2. The van der Waals surface area contributed by atoms with Crippen LogP contribution < -0.4 is 0 Å². The van der Waals surface area contributed by atoms with Crippen LogP contribution in [0.1, 0.15) is 26.2 Å². The quantitative estimate of drug-likeness (QED) is 0.642. The molecule has 0 N–H and O–H groups in total. The van der Waals surface area contributed by atoms with Crippen LogP contribution in [0.5, 0.6) is 0 Å². The van der Waals surface area contributed by atoms with Crippen LogP contribution in [-0.2, 0) is 19.6 Å². The van der Waals surface area contributed by atoms with Gasteiger partial charge in [-0.1, -0.05) is 6.92 Å². The molecule has 0 saturated carbocycles. The Kier molecular flexibility index (Phi) is 6.91. The summed E-state index contributed by atoms with van der Waals surface area (Å²) in [7, 11) is -1.70. The summed E-state index contributed by atoms with van der Waals surface area (Å²) in [5, 5.41) is 0. The Hall–Kier alpha value is -0.660. The van der Waals surface area contributed by atoms with Crippen LogP contribution in [0.4, 0.5) is 0 Å². The van der Waals surface area contributed by atoms with Gasteiger partial charge in [0, 0.05) is 26.2 Å². The zero-order chi connectivity index (χ0) is 15.2. The van der Waals surface area contributed by atoms with Gasteiger partial charge in [0.2, 0.25) is 10.0 Å². The lowest BCUT2D eigenvalue weighted by Gasteiger charge is -2.34. The lowest BCUT2D eigenvalue weighted by molar-refractivity contribution is -0.141. The lowest BCUT2D eigenvalue weighted by atomic mass is 9.99. The number of hydrogen-bond donors (Lipinski definition) is 0. The molecule has 1 saturated heterocycles. The van der Waals surface area contributed by atoms with Gasteiger partial charge in [-0.2, -0.15) is 0 Å². The van der Waals surface area contributed by atoms with Crippen LogP contribution in [0.3, 0.4) is 0 Å². The molecule has 0 aromatic heterocycles. The number of sulfonamides is 1. The van der Waals surface area contributed by atoms with Crippen molar-refractivity contribution in [1.82, 2.24) is 9.21 Å². The fourth-order valence-electron chi connectivity index (χ4n) is 2.57. The second-order valence-electron chi connectivity index (χ2n) is 5.35. The average molecular weight is 306 g/mol. The number of carbonyl (C=O) groups is 1. The molecule has 1 heterocycles. The lowest BCUT2D eigenvalue weighted by Crippen LogP contribution is -2.43. The summed E-state index contributed by atoms with van der Waals surface area (Å²) >= 11 is 0. The SMILES string of the molecule is CCN(CCC(=O)OC)CC1CCCN(S(C)(=O)=O)C1. The van der Waals surface area contributed by atoms with Crippen LogP contribution in [-0.4, -0.2) is 69.7 Å². The van der Waals surface area contributed by atoms with E-state index in [1.165, 1.54) is 13.4 Å². The van der Waals surface area contributed by atoms with E-state index in [-0.39, 0.29) is 5.97 Å². The van der Waals surface area contributed by atoms with Crippen molar-refractivity contribution >= 4 is 16.0 Å².